The van der Waals surface area contributed by atoms with E-state index in [-0.39, 0.29) is 23.4 Å². The monoisotopic (exact) mass is 410 g/mol. The molecule has 0 fully saturated rings. The van der Waals surface area contributed by atoms with Crippen LogP contribution in [0.25, 0.3) is 0 Å². The lowest BCUT2D eigenvalue weighted by atomic mass is 9.96. The first-order valence-corrected chi connectivity index (χ1v) is 8.45. The molecule has 0 unspecified atom stereocenters. The van der Waals surface area contributed by atoms with Crippen LogP contribution in [0.3, 0.4) is 0 Å². The quantitative estimate of drug-likeness (QED) is 0.662. The lowest BCUT2D eigenvalue weighted by Crippen LogP contribution is -2.30. The first-order valence-electron chi connectivity index (χ1n) is 7.28. The molecule has 2 aliphatic heterocycles. The second kappa shape index (κ2) is 5.82. The van der Waals surface area contributed by atoms with E-state index in [2.05, 4.69) is 20.9 Å². The molecule has 1 N–H and O–H groups in total. The Morgan fingerprint density at radius 1 is 1.33 bits per heavy atom. The number of pyridine rings is 1. The summed E-state index contributed by atoms with van der Waals surface area (Å²) in [4.78, 5) is 17.2. The summed E-state index contributed by atoms with van der Waals surface area (Å²) in [6.07, 6.45) is -1.12. The van der Waals surface area contributed by atoms with Gasteiger partial charge in [-0.05, 0) is 27.6 Å². The number of carbonyl (C=O) groups is 1. The number of hydrogen-bond acceptors (Lipinski definition) is 4. The van der Waals surface area contributed by atoms with Crippen LogP contribution in [0.15, 0.2) is 28.7 Å². The maximum atomic E-state index is 11.8. The van der Waals surface area contributed by atoms with Gasteiger partial charge in [0.25, 0.3) is 0 Å². The molecule has 1 aromatic heterocycles. The number of nitrogens with zero attached hydrogens (tertiary/aromatic N) is 2. The van der Waals surface area contributed by atoms with Crippen molar-refractivity contribution in [1.29, 1.82) is 0 Å². The van der Waals surface area contributed by atoms with Gasteiger partial charge in [-0.15, -0.1) is 0 Å². The highest BCUT2D eigenvalue weighted by Gasteiger charge is 2.32. The summed E-state index contributed by atoms with van der Waals surface area (Å²) in [6.45, 7) is 1.04. The third-order valence-electron chi connectivity index (χ3n) is 4.14. The topological polar surface area (TPSA) is 71.9 Å². The Hall–Kier alpha value is -1.99. The van der Waals surface area contributed by atoms with Crippen LogP contribution in [-0.2, 0) is 6.54 Å². The van der Waals surface area contributed by atoms with Crippen LogP contribution < -0.4 is 14.4 Å². The number of ether oxygens (including phenoxy) is 2. The van der Waals surface area contributed by atoms with Gasteiger partial charge in [-0.2, -0.15) is 0 Å². The number of anilines is 1. The Morgan fingerprint density at radius 2 is 2.08 bits per heavy atom. The highest BCUT2D eigenvalue weighted by atomic mass is 79.9. The summed E-state index contributed by atoms with van der Waals surface area (Å²) >= 11 is 9.36. The van der Waals surface area contributed by atoms with E-state index in [1.54, 1.807) is 6.07 Å². The predicted octanol–water partition coefficient (Wildman–Crippen LogP) is 4.05. The van der Waals surface area contributed by atoms with Gasteiger partial charge >= 0.3 is 6.09 Å². The van der Waals surface area contributed by atoms with Crippen molar-refractivity contribution in [2.45, 2.75) is 12.5 Å². The molecule has 6 nitrogen and oxygen atoms in total. The molecule has 1 aromatic carbocycles. The molecule has 0 radical (unpaired) electrons. The summed E-state index contributed by atoms with van der Waals surface area (Å²) in [5.74, 6) is 1.39. The van der Waals surface area contributed by atoms with Crippen molar-refractivity contribution in [2.24, 2.45) is 0 Å². The lowest BCUT2D eigenvalue weighted by Gasteiger charge is -2.21. The van der Waals surface area contributed by atoms with Crippen LogP contribution in [0.2, 0.25) is 5.15 Å². The van der Waals surface area contributed by atoms with E-state index in [0.29, 0.717) is 23.4 Å². The smallest absolute Gasteiger partial charge is 0.413 e. The summed E-state index contributed by atoms with van der Waals surface area (Å²) in [6, 6.07) is 7.30. The van der Waals surface area contributed by atoms with Crippen LogP contribution in [0, 0.1) is 0 Å². The average Bonchev–Trinajstić information content (AvgIpc) is 2.98. The van der Waals surface area contributed by atoms with Crippen LogP contribution in [0.1, 0.15) is 17.0 Å². The number of aromatic nitrogens is 1. The van der Waals surface area contributed by atoms with E-state index in [1.165, 1.54) is 0 Å². The molecule has 4 rings (SSSR count). The summed E-state index contributed by atoms with van der Waals surface area (Å²) in [5.41, 5.74) is 1.89. The molecule has 124 valence electrons. The number of halogens is 2. The van der Waals surface area contributed by atoms with E-state index in [4.69, 9.17) is 21.1 Å². The van der Waals surface area contributed by atoms with Crippen LogP contribution in [0.4, 0.5) is 10.6 Å². The standard InChI is InChI=1S/C16H12BrClN2O4/c17-10-4-12-15(19-14(10)18)20(16(21)22)5-8-2-1-3-11-13(8)9(6-23-11)7-24-12/h1-4,9H,5-7H2,(H,21,22)/t9-/m1/s1. The van der Waals surface area contributed by atoms with Gasteiger partial charge < -0.3 is 14.6 Å². The second-order valence-corrected chi connectivity index (χ2v) is 6.81. The Kier molecular flexibility index (Phi) is 3.77. The Labute approximate surface area is 151 Å². The highest BCUT2D eigenvalue weighted by molar-refractivity contribution is 9.10. The van der Waals surface area contributed by atoms with Crippen molar-refractivity contribution in [2.75, 3.05) is 18.1 Å². The highest BCUT2D eigenvalue weighted by Crippen LogP contribution is 2.41. The number of rotatable bonds is 0. The van der Waals surface area contributed by atoms with Gasteiger partial charge in [0.1, 0.15) is 10.9 Å². The van der Waals surface area contributed by atoms with Crippen LogP contribution in [-0.4, -0.2) is 29.4 Å². The van der Waals surface area contributed by atoms with Crippen molar-refractivity contribution < 1.29 is 19.4 Å². The van der Waals surface area contributed by atoms with Gasteiger partial charge in [0.15, 0.2) is 11.6 Å². The van der Waals surface area contributed by atoms with Crippen molar-refractivity contribution >= 4 is 39.4 Å². The summed E-state index contributed by atoms with van der Waals surface area (Å²) in [7, 11) is 0. The molecule has 0 saturated carbocycles. The number of fused-ring (bicyclic) bond motifs is 1. The van der Waals surface area contributed by atoms with Gasteiger partial charge in [-0.3, -0.25) is 4.90 Å². The second-order valence-electron chi connectivity index (χ2n) is 5.60. The van der Waals surface area contributed by atoms with E-state index in [0.717, 1.165) is 21.8 Å². The maximum absolute atomic E-state index is 11.8. The molecule has 0 bridgehead atoms. The van der Waals surface area contributed by atoms with Crippen molar-refractivity contribution in [3.05, 3.63) is 45.0 Å². The predicted molar refractivity (Wildman–Crippen MR) is 91.3 cm³/mol. The average molecular weight is 412 g/mol. The zero-order valence-electron chi connectivity index (χ0n) is 12.3. The van der Waals surface area contributed by atoms with Gasteiger partial charge in [-0.25, -0.2) is 9.78 Å². The minimum Gasteiger partial charge on any atom is -0.493 e. The fraction of sp³-hybridized carbons (Fsp3) is 0.250. The third-order valence-corrected chi connectivity index (χ3v) is 5.26. The summed E-state index contributed by atoms with van der Waals surface area (Å²) in [5, 5.41) is 9.86. The minimum absolute atomic E-state index is 0.0484. The molecule has 24 heavy (non-hydrogen) atoms. The van der Waals surface area contributed by atoms with Crippen molar-refractivity contribution in [3.63, 3.8) is 0 Å². The first kappa shape index (κ1) is 15.5. The molecule has 0 aliphatic carbocycles. The fourth-order valence-corrected chi connectivity index (χ4v) is 3.49. The first-order chi connectivity index (χ1) is 11.5. The number of hydrogen-bond donors (Lipinski definition) is 1. The summed E-state index contributed by atoms with van der Waals surface area (Å²) < 4.78 is 12.1. The Morgan fingerprint density at radius 3 is 2.83 bits per heavy atom. The van der Waals surface area contributed by atoms with E-state index >= 15 is 0 Å². The normalized spacial score (nSPS) is 18.4. The molecular weight excluding hydrogens is 400 g/mol. The van der Waals surface area contributed by atoms with Gasteiger partial charge in [-0.1, -0.05) is 23.7 Å². The minimum atomic E-state index is -1.12. The van der Waals surface area contributed by atoms with Crippen molar-refractivity contribution in [1.82, 2.24) is 4.98 Å². The van der Waals surface area contributed by atoms with Gasteiger partial charge in [0, 0.05) is 11.6 Å². The van der Waals surface area contributed by atoms with Crippen LogP contribution in [0.5, 0.6) is 11.5 Å². The lowest BCUT2D eigenvalue weighted by molar-refractivity contribution is 0.200. The molecule has 2 aromatic rings. The molecule has 3 heterocycles. The van der Waals surface area contributed by atoms with E-state index in [1.807, 2.05) is 18.2 Å². The number of benzene rings is 1. The molecule has 0 saturated heterocycles. The Bertz CT molecular complexity index is 845. The Balaban J connectivity index is 1.89. The third kappa shape index (κ3) is 2.48. The molecule has 8 heteroatoms. The molecule has 1 atom stereocenters. The number of carboxylic acid groups (broad SMARTS) is 1. The van der Waals surface area contributed by atoms with Crippen LogP contribution >= 0.6 is 27.5 Å². The molecular formula is C16H12BrClN2O4. The zero-order chi connectivity index (χ0) is 16.8. The molecule has 0 spiro atoms. The molecule has 2 aliphatic rings. The van der Waals surface area contributed by atoms with E-state index < -0.39 is 6.09 Å². The molecule has 1 amide bonds. The van der Waals surface area contributed by atoms with Gasteiger partial charge in [0.05, 0.1) is 30.1 Å². The van der Waals surface area contributed by atoms with Crippen molar-refractivity contribution in [3.8, 4) is 11.5 Å². The maximum Gasteiger partial charge on any atom is 0.413 e. The largest absolute Gasteiger partial charge is 0.493 e. The SMILES string of the molecule is O=C(O)N1Cc2cccc3c2[C@@H](COc2cc(Br)c(Cl)nc21)CO3. The zero-order valence-corrected chi connectivity index (χ0v) is 14.7. The van der Waals surface area contributed by atoms with Gasteiger partial charge in [0.2, 0.25) is 0 Å². The number of amides is 1. The fourth-order valence-electron chi connectivity index (χ4n) is 3.06. The van der Waals surface area contributed by atoms with E-state index in [9.17, 15) is 9.90 Å².